The molecule has 4 rings (SSSR count). The second kappa shape index (κ2) is 7.12. The minimum atomic E-state index is -0.941. The van der Waals surface area contributed by atoms with E-state index in [2.05, 4.69) is 22.1 Å². The monoisotopic (exact) mass is 379 g/mol. The minimum Gasteiger partial charge on any atom is -0.371 e. The predicted molar refractivity (Wildman–Crippen MR) is 102 cm³/mol. The minimum absolute atomic E-state index is 0.114. The molecule has 1 atom stereocenters. The molecule has 28 heavy (non-hydrogen) atoms. The fraction of sp³-hybridized carbons (Fsp3) is 0.429. The summed E-state index contributed by atoms with van der Waals surface area (Å²) in [6.45, 7) is 3.36. The van der Waals surface area contributed by atoms with Crippen LogP contribution in [0, 0.1) is 17.8 Å². The highest BCUT2D eigenvalue weighted by Gasteiger charge is 2.46. The molecule has 144 valence electrons. The van der Waals surface area contributed by atoms with E-state index in [9.17, 15) is 19.2 Å². The molecule has 7 heteroatoms. The third kappa shape index (κ3) is 2.95. The molecule has 1 aromatic carbocycles. The molecule has 0 radical (unpaired) electrons. The number of fused-ring (bicyclic) bond motifs is 1. The van der Waals surface area contributed by atoms with Gasteiger partial charge >= 0.3 is 0 Å². The number of benzene rings is 1. The number of piperidine rings is 2. The van der Waals surface area contributed by atoms with Crippen molar-refractivity contribution in [2.24, 2.45) is 5.92 Å². The second-order valence-electron chi connectivity index (χ2n) is 7.30. The molecule has 0 aliphatic carbocycles. The van der Waals surface area contributed by atoms with Crippen molar-refractivity contribution in [3.8, 4) is 11.8 Å². The normalized spacial score (nSPS) is 22.7. The van der Waals surface area contributed by atoms with E-state index >= 15 is 0 Å². The number of rotatable bonds is 2. The third-order valence-corrected chi connectivity index (χ3v) is 5.63. The van der Waals surface area contributed by atoms with Crippen LogP contribution in [0.1, 0.15) is 53.3 Å². The molecule has 3 heterocycles. The van der Waals surface area contributed by atoms with Gasteiger partial charge in [-0.05, 0) is 38.3 Å². The van der Waals surface area contributed by atoms with Gasteiger partial charge in [-0.15, -0.1) is 11.8 Å². The van der Waals surface area contributed by atoms with Crippen molar-refractivity contribution >= 4 is 29.3 Å². The molecule has 7 nitrogen and oxygen atoms in total. The molecule has 4 amide bonds. The Bertz CT molecular complexity index is 935. The fourth-order valence-electron chi connectivity index (χ4n) is 4.23. The summed E-state index contributed by atoms with van der Waals surface area (Å²) in [4.78, 5) is 52.8. The zero-order chi connectivity index (χ0) is 19.8. The summed E-state index contributed by atoms with van der Waals surface area (Å²) >= 11 is 0. The number of nitrogens with zero attached hydrogens (tertiary/aromatic N) is 2. The van der Waals surface area contributed by atoms with Gasteiger partial charge in [0, 0.05) is 25.4 Å². The van der Waals surface area contributed by atoms with Gasteiger partial charge in [0.2, 0.25) is 11.8 Å². The van der Waals surface area contributed by atoms with Crippen molar-refractivity contribution in [2.75, 3.05) is 18.0 Å². The first-order valence-corrected chi connectivity index (χ1v) is 9.53. The van der Waals surface area contributed by atoms with Crippen molar-refractivity contribution < 1.29 is 19.2 Å². The zero-order valence-corrected chi connectivity index (χ0v) is 15.7. The summed E-state index contributed by atoms with van der Waals surface area (Å²) in [5.74, 6) is 4.63. The number of anilines is 1. The molecule has 2 saturated heterocycles. The first kappa shape index (κ1) is 18.2. The Hall–Kier alpha value is -3.14. The van der Waals surface area contributed by atoms with E-state index < -0.39 is 23.8 Å². The van der Waals surface area contributed by atoms with Crippen molar-refractivity contribution in [2.45, 2.75) is 38.6 Å². The molecule has 1 N–H and O–H groups in total. The number of hydrogen-bond acceptors (Lipinski definition) is 5. The van der Waals surface area contributed by atoms with Crippen LogP contribution >= 0.6 is 0 Å². The molecule has 0 spiro atoms. The van der Waals surface area contributed by atoms with Gasteiger partial charge in [-0.25, -0.2) is 0 Å². The van der Waals surface area contributed by atoms with E-state index in [1.54, 1.807) is 12.1 Å². The lowest BCUT2D eigenvalue weighted by Gasteiger charge is -2.33. The average molecular weight is 379 g/mol. The maximum Gasteiger partial charge on any atom is 0.264 e. The fourth-order valence-corrected chi connectivity index (χ4v) is 4.23. The Morgan fingerprint density at radius 2 is 1.79 bits per heavy atom. The number of hydrogen-bond donors (Lipinski definition) is 1. The van der Waals surface area contributed by atoms with Crippen LogP contribution < -0.4 is 10.2 Å². The van der Waals surface area contributed by atoms with Gasteiger partial charge in [-0.3, -0.25) is 29.4 Å². The number of carbonyl (C=O) groups excluding carboxylic acids is 4. The average Bonchev–Trinajstić information content (AvgIpc) is 2.94. The molecule has 3 aliphatic heterocycles. The molecule has 1 unspecified atom stereocenters. The van der Waals surface area contributed by atoms with E-state index in [0.29, 0.717) is 17.0 Å². The van der Waals surface area contributed by atoms with Crippen molar-refractivity contribution in [3.63, 3.8) is 0 Å². The molecule has 1 aromatic rings. The molecule has 3 aliphatic rings. The Kier molecular flexibility index (Phi) is 4.63. The summed E-state index contributed by atoms with van der Waals surface area (Å²) in [5.41, 5.74) is 1.41. The van der Waals surface area contributed by atoms with E-state index in [1.165, 1.54) is 0 Å². The topological polar surface area (TPSA) is 86.8 Å². The van der Waals surface area contributed by atoms with Crippen LogP contribution in [0.2, 0.25) is 0 Å². The zero-order valence-electron chi connectivity index (χ0n) is 15.7. The Morgan fingerprint density at radius 1 is 1.04 bits per heavy atom. The predicted octanol–water partition coefficient (Wildman–Crippen LogP) is 1.33. The maximum absolute atomic E-state index is 13.2. The summed E-state index contributed by atoms with van der Waals surface area (Å²) in [7, 11) is 0. The first-order chi connectivity index (χ1) is 13.5. The van der Waals surface area contributed by atoms with Crippen molar-refractivity contribution in [3.05, 3.63) is 29.3 Å². The maximum atomic E-state index is 13.2. The molecular formula is C21H21N3O4. The van der Waals surface area contributed by atoms with Gasteiger partial charge in [0.05, 0.1) is 16.8 Å². The smallest absolute Gasteiger partial charge is 0.264 e. The number of carbonyl (C=O) groups is 4. The highest BCUT2D eigenvalue weighted by Crippen LogP contribution is 2.35. The van der Waals surface area contributed by atoms with Crippen LogP contribution in [0.4, 0.5) is 5.69 Å². The standard InChI is InChI=1S/C21H21N3O4/c1-2-4-13-9-11-23(12-10-13)15-6-3-5-14-18(15)21(28)24(20(14)27)16-7-8-17(25)22-19(16)26/h3,5-6,13,16H,7-12H2,1H3,(H,22,25,26). The number of amides is 4. The van der Waals surface area contributed by atoms with Crippen LogP contribution in [-0.4, -0.2) is 47.7 Å². The van der Waals surface area contributed by atoms with Gasteiger partial charge in [0.25, 0.3) is 11.8 Å². The van der Waals surface area contributed by atoms with E-state index in [1.807, 2.05) is 13.0 Å². The van der Waals surface area contributed by atoms with E-state index in [4.69, 9.17) is 0 Å². The van der Waals surface area contributed by atoms with Crippen LogP contribution in [0.25, 0.3) is 0 Å². The lowest BCUT2D eigenvalue weighted by atomic mass is 9.96. The Morgan fingerprint density at radius 3 is 2.46 bits per heavy atom. The Balaban J connectivity index is 1.62. The third-order valence-electron chi connectivity index (χ3n) is 5.63. The van der Waals surface area contributed by atoms with Gasteiger partial charge in [-0.1, -0.05) is 6.07 Å². The van der Waals surface area contributed by atoms with E-state index in [-0.39, 0.29) is 18.7 Å². The second-order valence-corrected chi connectivity index (χ2v) is 7.30. The number of imide groups is 2. The molecule has 0 saturated carbocycles. The van der Waals surface area contributed by atoms with Crippen molar-refractivity contribution in [1.29, 1.82) is 0 Å². The first-order valence-electron chi connectivity index (χ1n) is 9.53. The van der Waals surface area contributed by atoms with Crippen LogP contribution in [0.15, 0.2) is 18.2 Å². The summed E-state index contributed by atoms with van der Waals surface area (Å²) in [5, 5.41) is 2.22. The van der Waals surface area contributed by atoms with Gasteiger partial charge < -0.3 is 4.90 Å². The molecular weight excluding hydrogens is 358 g/mol. The number of nitrogens with one attached hydrogen (secondary N) is 1. The SMILES string of the molecule is CC#CC1CCN(c2cccc3c2C(=O)N(C2CCC(=O)NC2=O)C3=O)CC1. The lowest BCUT2D eigenvalue weighted by Crippen LogP contribution is -2.54. The molecule has 0 aromatic heterocycles. The summed E-state index contributed by atoms with van der Waals surface area (Å²) in [6, 6.07) is 4.30. The quantitative estimate of drug-likeness (QED) is 0.619. The lowest BCUT2D eigenvalue weighted by molar-refractivity contribution is -0.136. The molecule has 2 fully saturated rings. The van der Waals surface area contributed by atoms with Crippen LogP contribution in [0.3, 0.4) is 0 Å². The van der Waals surface area contributed by atoms with Gasteiger partial charge in [0.15, 0.2) is 0 Å². The van der Waals surface area contributed by atoms with Crippen molar-refractivity contribution in [1.82, 2.24) is 10.2 Å². The highest BCUT2D eigenvalue weighted by atomic mass is 16.2. The summed E-state index contributed by atoms with van der Waals surface area (Å²) in [6.07, 6.45) is 2.09. The molecule has 0 bridgehead atoms. The highest BCUT2D eigenvalue weighted by molar-refractivity contribution is 6.25. The van der Waals surface area contributed by atoms with Gasteiger partial charge in [-0.2, -0.15) is 0 Å². The largest absolute Gasteiger partial charge is 0.371 e. The Labute approximate surface area is 163 Å². The summed E-state index contributed by atoms with van der Waals surface area (Å²) < 4.78 is 0. The van der Waals surface area contributed by atoms with Crippen LogP contribution in [0.5, 0.6) is 0 Å². The van der Waals surface area contributed by atoms with Crippen LogP contribution in [-0.2, 0) is 9.59 Å². The van der Waals surface area contributed by atoms with E-state index in [0.717, 1.165) is 36.5 Å². The van der Waals surface area contributed by atoms with Gasteiger partial charge in [0.1, 0.15) is 6.04 Å².